The summed E-state index contributed by atoms with van der Waals surface area (Å²) in [7, 11) is 0. The lowest BCUT2D eigenvalue weighted by Gasteiger charge is -1.90. The maximum Gasteiger partial charge on any atom is -0.0349 e. The van der Waals surface area contributed by atoms with Crippen LogP contribution in [0.2, 0.25) is 0 Å². The van der Waals surface area contributed by atoms with E-state index in [1.165, 1.54) is 43.3 Å². The molecule has 0 heterocycles. The van der Waals surface area contributed by atoms with Crippen LogP contribution in [0.3, 0.4) is 0 Å². The summed E-state index contributed by atoms with van der Waals surface area (Å²) in [5.41, 5.74) is 2.80. The van der Waals surface area contributed by atoms with Crippen LogP contribution >= 0.6 is 0 Å². The third-order valence-electron chi connectivity index (χ3n) is 2.47. The van der Waals surface area contributed by atoms with Crippen molar-refractivity contribution in [1.82, 2.24) is 0 Å². The summed E-state index contributed by atoms with van der Waals surface area (Å²) in [5, 5.41) is 0. The molecule has 0 heteroatoms. The monoisotopic (exact) mass is 224 g/mol. The predicted octanol–water partition coefficient (Wildman–Crippen LogP) is 6.29. The second kappa shape index (κ2) is 14.5. The highest BCUT2D eigenvalue weighted by Gasteiger charge is 1.80. The van der Waals surface area contributed by atoms with Crippen molar-refractivity contribution >= 4 is 0 Å². The Hall–Kier alpha value is -0.520. The van der Waals surface area contributed by atoms with Crippen molar-refractivity contribution in [1.29, 1.82) is 0 Å². The van der Waals surface area contributed by atoms with Gasteiger partial charge in [-0.25, -0.2) is 0 Å². The first-order valence-corrected chi connectivity index (χ1v) is 6.89. The maximum atomic E-state index is 2.25. The fraction of sp³-hybridized carbons (Fsp3) is 0.750. The number of hydrogen-bond donors (Lipinski definition) is 0. The largest absolute Gasteiger partial charge is 0.0764 e. The van der Waals surface area contributed by atoms with Gasteiger partial charge in [0.25, 0.3) is 0 Å². The summed E-state index contributed by atoms with van der Waals surface area (Å²) in [6, 6.07) is 0. The summed E-state index contributed by atoms with van der Waals surface area (Å²) in [4.78, 5) is 0. The van der Waals surface area contributed by atoms with Gasteiger partial charge in [0.05, 0.1) is 0 Å². The smallest absolute Gasteiger partial charge is 0.0349 e. The SMILES string of the molecule is CC/C(C)=C\C=C(C)C.CCCCCCC. The van der Waals surface area contributed by atoms with E-state index in [2.05, 4.69) is 53.7 Å². The van der Waals surface area contributed by atoms with E-state index in [-0.39, 0.29) is 0 Å². The Labute approximate surface area is 104 Å². The van der Waals surface area contributed by atoms with Crippen molar-refractivity contribution in [3.05, 3.63) is 23.3 Å². The molecule has 16 heavy (non-hydrogen) atoms. The maximum absolute atomic E-state index is 2.25. The highest BCUT2D eigenvalue weighted by Crippen LogP contribution is 2.00. The molecule has 0 rings (SSSR count). The van der Waals surface area contributed by atoms with Crippen molar-refractivity contribution in [2.75, 3.05) is 0 Å². The van der Waals surface area contributed by atoms with Gasteiger partial charge in [0.2, 0.25) is 0 Å². The van der Waals surface area contributed by atoms with E-state index in [4.69, 9.17) is 0 Å². The Morgan fingerprint density at radius 2 is 1.25 bits per heavy atom. The average molecular weight is 224 g/mol. The first-order valence-electron chi connectivity index (χ1n) is 6.89. The topological polar surface area (TPSA) is 0 Å². The fourth-order valence-corrected chi connectivity index (χ4v) is 1.10. The zero-order chi connectivity index (χ0) is 12.8. The van der Waals surface area contributed by atoms with E-state index in [1.54, 1.807) is 0 Å². The lowest BCUT2D eigenvalue weighted by molar-refractivity contribution is 0.656. The Morgan fingerprint density at radius 1 is 0.750 bits per heavy atom. The van der Waals surface area contributed by atoms with Gasteiger partial charge >= 0.3 is 0 Å². The van der Waals surface area contributed by atoms with Crippen LogP contribution in [0.5, 0.6) is 0 Å². The highest BCUT2D eigenvalue weighted by molar-refractivity contribution is 5.13. The van der Waals surface area contributed by atoms with Crippen LogP contribution < -0.4 is 0 Å². The Morgan fingerprint density at radius 3 is 1.56 bits per heavy atom. The first-order chi connectivity index (χ1) is 7.58. The van der Waals surface area contributed by atoms with Gasteiger partial charge in [-0.1, -0.05) is 76.2 Å². The molecule has 0 bridgehead atoms. The molecule has 0 aliphatic carbocycles. The molecule has 0 atom stereocenters. The molecule has 0 saturated heterocycles. The minimum absolute atomic E-state index is 1.16. The number of unbranched alkanes of at least 4 members (excludes halogenated alkanes) is 4. The zero-order valence-corrected chi connectivity index (χ0v) is 12.4. The fourth-order valence-electron chi connectivity index (χ4n) is 1.10. The summed E-state index contributed by atoms with van der Waals surface area (Å²) in [6.45, 7) is 13.0. The number of hydrogen-bond acceptors (Lipinski definition) is 0. The van der Waals surface area contributed by atoms with Crippen molar-refractivity contribution in [2.24, 2.45) is 0 Å². The first kappa shape index (κ1) is 17.9. The Balaban J connectivity index is 0. The minimum atomic E-state index is 1.16. The third-order valence-corrected chi connectivity index (χ3v) is 2.47. The van der Waals surface area contributed by atoms with Crippen molar-refractivity contribution in [2.45, 2.75) is 80.1 Å². The van der Waals surface area contributed by atoms with Crippen LogP contribution in [-0.4, -0.2) is 0 Å². The normalized spacial score (nSPS) is 10.5. The summed E-state index contributed by atoms with van der Waals surface area (Å²) < 4.78 is 0. The molecule has 0 N–H and O–H groups in total. The molecule has 0 radical (unpaired) electrons. The van der Waals surface area contributed by atoms with E-state index in [0.29, 0.717) is 0 Å². The summed E-state index contributed by atoms with van der Waals surface area (Å²) in [5.74, 6) is 0. The molecule has 0 amide bonds. The van der Waals surface area contributed by atoms with Crippen LogP contribution in [0.25, 0.3) is 0 Å². The molecule has 0 nitrogen and oxygen atoms in total. The molecule has 0 aliphatic rings. The van der Waals surface area contributed by atoms with E-state index in [1.807, 2.05) is 0 Å². The quantitative estimate of drug-likeness (QED) is 0.367. The van der Waals surface area contributed by atoms with E-state index in [0.717, 1.165) is 6.42 Å². The van der Waals surface area contributed by atoms with E-state index in [9.17, 15) is 0 Å². The van der Waals surface area contributed by atoms with Crippen molar-refractivity contribution < 1.29 is 0 Å². The Kier molecular flexibility index (Phi) is 16.2. The lowest BCUT2D eigenvalue weighted by atomic mass is 10.2. The van der Waals surface area contributed by atoms with E-state index < -0.39 is 0 Å². The lowest BCUT2D eigenvalue weighted by Crippen LogP contribution is -1.70. The molecule has 0 aliphatic heterocycles. The molecule has 0 unspecified atom stereocenters. The third kappa shape index (κ3) is 19.1. The molecule has 0 fully saturated rings. The number of allylic oxidation sites excluding steroid dienone is 4. The Bertz CT molecular complexity index is 176. The van der Waals surface area contributed by atoms with E-state index >= 15 is 0 Å². The molecular formula is C16H32. The summed E-state index contributed by atoms with van der Waals surface area (Å²) in [6.07, 6.45) is 12.5. The van der Waals surface area contributed by atoms with Gasteiger partial charge in [0.1, 0.15) is 0 Å². The second-order valence-corrected chi connectivity index (χ2v) is 4.67. The van der Waals surface area contributed by atoms with Gasteiger partial charge in [-0.3, -0.25) is 0 Å². The molecule has 0 aromatic rings. The molecule has 0 saturated carbocycles. The van der Waals surface area contributed by atoms with Gasteiger partial charge in [-0.15, -0.1) is 0 Å². The predicted molar refractivity (Wildman–Crippen MR) is 77.9 cm³/mol. The van der Waals surface area contributed by atoms with Crippen LogP contribution in [0, 0.1) is 0 Å². The second-order valence-electron chi connectivity index (χ2n) is 4.67. The van der Waals surface area contributed by atoms with Crippen LogP contribution in [0.15, 0.2) is 23.3 Å². The van der Waals surface area contributed by atoms with Gasteiger partial charge in [0, 0.05) is 0 Å². The molecular weight excluding hydrogens is 192 g/mol. The average Bonchev–Trinajstić information content (AvgIpc) is 2.27. The highest BCUT2D eigenvalue weighted by atomic mass is 13.9. The summed E-state index contributed by atoms with van der Waals surface area (Å²) >= 11 is 0. The van der Waals surface area contributed by atoms with Gasteiger partial charge in [-0.05, 0) is 27.2 Å². The van der Waals surface area contributed by atoms with Crippen molar-refractivity contribution in [3.8, 4) is 0 Å². The number of rotatable bonds is 6. The van der Waals surface area contributed by atoms with Gasteiger partial charge < -0.3 is 0 Å². The van der Waals surface area contributed by atoms with Crippen LogP contribution in [0.4, 0.5) is 0 Å². The minimum Gasteiger partial charge on any atom is -0.0764 e. The molecule has 96 valence electrons. The molecule has 0 spiro atoms. The standard InChI is InChI=1S/C9H16.C7H16/c1-5-9(4)7-6-8(2)3;1-3-5-7-6-4-2/h6-7H,5H2,1-4H3;3-7H2,1-2H3/b9-7-;. The molecule has 0 aromatic heterocycles. The van der Waals surface area contributed by atoms with Crippen molar-refractivity contribution in [3.63, 3.8) is 0 Å². The zero-order valence-electron chi connectivity index (χ0n) is 12.4. The van der Waals surface area contributed by atoms with Crippen LogP contribution in [-0.2, 0) is 0 Å². The van der Waals surface area contributed by atoms with Crippen LogP contribution in [0.1, 0.15) is 80.1 Å². The van der Waals surface area contributed by atoms with Gasteiger partial charge in [-0.2, -0.15) is 0 Å². The van der Waals surface area contributed by atoms with Gasteiger partial charge in [0.15, 0.2) is 0 Å². The molecule has 0 aromatic carbocycles.